The number of fused-ring (bicyclic) bond motifs is 1. The monoisotopic (exact) mass is 460 g/mol. The van der Waals surface area contributed by atoms with Crippen molar-refractivity contribution in [3.05, 3.63) is 11.6 Å². The first-order chi connectivity index (χ1) is 11.4. The third-order valence-corrected chi connectivity index (χ3v) is 6.17. The first kappa shape index (κ1) is 20.5. The second-order valence-electron chi connectivity index (χ2n) is 8.25. The first-order valence-corrected chi connectivity index (χ1v) is 9.26. The smallest absolute Gasteiger partial charge is 0.194 e. The second-order valence-corrected chi connectivity index (χ2v) is 8.25. The Bertz CT molecular complexity index is 619. The SMILES string of the molecule is CN=C(NCCc1nnc2n1CCCCC2)N1CC(C)(C)C1(C)C.I. The van der Waals surface area contributed by atoms with Crippen LogP contribution in [-0.4, -0.2) is 51.3 Å². The van der Waals surface area contributed by atoms with Gasteiger partial charge in [0.05, 0.1) is 0 Å². The summed E-state index contributed by atoms with van der Waals surface area (Å²) in [4.78, 5) is 6.85. The van der Waals surface area contributed by atoms with Gasteiger partial charge in [0, 0.05) is 50.5 Å². The standard InChI is InChI=1S/C18H32N6.HI/c1-17(2)13-24(18(17,3)4)16(19-5)20-11-10-15-22-21-14-9-7-6-8-12-23(14)15;/h6-13H2,1-5H3,(H,19,20);1H. The normalized spacial score (nSPS) is 21.6. The zero-order chi connectivity index (χ0) is 17.4. The van der Waals surface area contributed by atoms with E-state index in [0.717, 1.165) is 50.1 Å². The van der Waals surface area contributed by atoms with Crippen molar-refractivity contribution in [2.45, 2.75) is 71.9 Å². The number of aliphatic imine (C=N–C) groups is 1. The summed E-state index contributed by atoms with van der Waals surface area (Å²) in [6.07, 6.45) is 5.74. The quantitative estimate of drug-likeness (QED) is 0.428. The number of hydrogen-bond donors (Lipinski definition) is 1. The van der Waals surface area contributed by atoms with Crippen molar-refractivity contribution >= 4 is 29.9 Å². The van der Waals surface area contributed by atoms with Crippen LogP contribution in [0.2, 0.25) is 0 Å². The van der Waals surface area contributed by atoms with Crippen LogP contribution in [0.15, 0.2) is 4.99 Å². The number of hydrogen-bond acceptors (Lipinski definition) is 3. The van der Waals surface area contributed by atoms with Gasteiger partial charge in [-0.25, -0.2) is 0 Å². The third kappa shape index (κ3) is 3.80. The maximum absolute atomic E-state index is 4.48. The van der Waals surface area contributed by atoms with Gasteiger partial charge in [-0.1, -0.05) is 20.3 Å². The molecule has 1 N–H and O–H groups in total. The van der Waals surface area contributed by atoms with E-state index in [0.29, 0.717) is 5.41 Å². The lowest BCUT2D eigenvalue weighted by atomic mass is 9.65. The molecule has 0 aliphatic carbocycles. The van der Waals surface area contributed by atoms with Gasteiger partial charge in [-0.15, -0.1) is 34.2 Å². The van der Waals surface area contributed by atoms with E-state index in [1.165, 1.54) is 19.3 Å². The fraction of sp³-hybridized carbons (Fsp3) is 0.833. The van der Waals surface area contributed by atoms with Gasteiger partial charge in [0.25, 0.3) is 0 Å². The van der Waals surface area contributed by atoms with E-state index in [-0.39, 0.29) is 29.5 Å². The van der Waals surface area contributed by atoms with Crippen molar-refractivity contribution in [1.29, 1.82) is 0 Å². The van der Waals surface area contributed by atoms with Gasteiger partial charge in [-0.3, -0.25) is 4.99 Å². The summed E-state index contributed by atoms with van der Waals surface area (Å²) in [5, 5.41) is 12.3. The minimum Gasteiger partial charge on any atom is -0.356 e. The predicted molar refractivity (Wildman–Crippen MR) is 113 cm³/mol. The van der Waals surface area contributed by atoms with Gasteiger partial charge < -0.3 is 14.8 Å². The molecule has 1 aromatic rings. The molecule has 2 aliphatic rings. The molecule has 0 atom stereocenters. The average Bonchev–Trinajstić information content (AvgIpc) is 2.77. The summed E-state index contributed by atoms with van der Waals surface area (Å²) in [6.45, 7) is 12.2. The topological polar surface area (TPSA) is 58.3 Å². The van der Waals surface area contributed by atoms with Crippen molar-refractivity contribution in [3.63, 3.8) is 0 Å². The fourth-order valence-corrected chi connectivity index (χ4v) is 3.71. The number of rotatable bonds is 3. The highest BCUT2D eigenvalue weighted by molar-refractivity contribution is 14.0. The lowest BCUT2D eigenvalue weighted by molar-refractivity contribution is -0.0666. The molecule has 25 heavy (non-hydrogen) atoms. The largest absolute Gasteiger partial charge is 0.356 e. The molecule has 2 aliphatic heterocycles. The van der Waals surface area contributed by atoms with E-state index < -0.39 is 0 Å². The van der Waals surface area contributed by atoms with Crippen LogP contribution in [0.1, 0.15) is 58.6 Å². The van der Waals surface area contributed by atoms with Crippen molar-refractivity contribution in [2.24, 2.45) is 10.4 Å². The zero-order valence-corrected chi connectivity index (χ0v) is 18.6. The summed E-state index contributed by atoms with van der Waals surface area (Å²) >= 11 is 0. The molecular weight excluding hydrogens is 427 g/mol. The van der Waals surface area contributed by atoms with Crippen LogP contribution in [0.5, 0.6) is 0 Å². The highest BCUT2D eigenvalue weighted by atomic mass is 127. The van der Waals surface area contributed by atoms with Crippen LogP contribution in [0.25, 0.3) is 0 Å². The van der Waals surface area contributed by atoms with Crippen LogP contribution < -0.4 is 5.32 Å². The third-order valence-electron chi connectivity index (χ3n) is 6.17. The second kappa shape index (κ2) is 7.80. The van der Waals surface area contributed by atoms with E-state index in [1.807, 2.05) is 7.05 Å². The summed E-state index contributed by atoms with van der Waals surface area (Å²) in [6, 6.07) is 0. The van der Waals surface area contributed by atoms with Crippen LogP contribution in [-0.2, 0) is 19.4 Å². The molecule has 3 rings (SSSR count). The van der Waals surface area contributed by atoms with Gasteiger partial charge >= 0.3 is 0 Å². The Balaban J connectivity index is 0.00000225. The van der Waals surface area contributed by atoms with E-state index in [9.17, 15) is 0 Å². The first-order valence-electron chi connectivity index (χ1n) is 9.26. The molecule has 1 saturated heterocycles. The maximum atomic E-state index is 4.48. The minimum absolute atomic E-state index is 0. The number of halogens is 1. The Kier molecular flexibility index (Phi) is 6.38. The van der Waals surface area contributed by atoms with Gasteiger partial charge in [-0.05, 0) is 26.7 Å². The molecule has 0 amide bonds. The van der Waals surface area contributed by atoms with Crippen LogP contribution >= 0.6 is 24.0 Å². The highest BCUT2D eigenvalue weighted by Gasteiger charge is 2.53. The summed E-state index contributed by atoms with van der Waals surface area (Å²) in [5.74, 6) is 3.27. The summed E-state index contributed by atoms with van der Waals surface area (Å²) in [7, 11) is 1.87. The minimum atomic E-state index is 0. The lowest BCUT2D eigenvalue weighted by Gasteiger charge is -2.62. The molecule has 3 heterocycles. The van der Waals surface area contributed by atoms with Gasteiger partial charge in [0.2, 0.25) is 0 Å². The van der Waals surface area contributed by atoms with Gasteiger partial charge in [0.15, 0.2) is 5.96 Å². The Labute approximate surface area is 168 Å². The molecule has 0 saturated carbocycles. The van der Waals surface area contributed by atoms with E-state index in [2.05, 4.69) is 57.7 Å². The van der Waals surface area contributed by atoms with Gasteiger partial charge in [0.1, 0.15) is 11.6 Å². The molecule has 1 aromatic heterocycles. The maximum Gasteiger partial charge on any atom is 0.194 e. The van der Waals surface area contributed by atoms with Crippen molar-refractivity contribution in [1.82, 2.24) is 25.0 Å². The molecule has 1 fully saturated rings. The number of nitrogens with one attached hydrogen (secondary N) is 1. The summed E-state index contributed by atoms with van der Waals surface area (Å²) in [5.41, 5.74) is 0.440. The van der Waals surface area contributed by atoms with E-state index in [4.69, 9.17) is 0 Å². The molecule has 6 nitrogen and oxygen atoms in total. The molecule has 0 radical (unpaired) electrons. The molecule has 7 heteroatoms. The Hall–Kier alpha value is -0.860. The van der Waals surface area contributed by atoms with Crippen molar-refractivity contribution in [3.8, 4) is 0 Å². The van der Waals surface area contributed by atoms with Gasteiger partial charge in [-0.2, -0.15) is 0 Å². The van der Waals surface area contributed by atoms with Crippen molar-refractivity contribution < 1.29 is 0 Å². The van der Waals surface area contributed by atoms with E-state index >= 15 is 0 Å². The van der Waals surface area contributed by atoms with Crippen LogP contribution in [0.4, 0.5) is 0 Å². The molecular formula is C18H33IN6. The highest BCUT2D eigenvalue weighted by Crippen LogP contribution is 2.46. The Morgan fingerprint density at radius 1 is 1.16 bits per heavy atom. The number of guanidine groups is 1. The molecule has 142 valence electrons. The molecule has 0 aromatic carbocycles. The van der Waals surface area contributed by atoms with E-state index in [1.54, 1.807) is 0 Å². The number of aryl methyl sites for hydroxylation is 1. The predicted octanol–water partition coefficient (Wildman–Crippen LogP) is 2.86. The lowest BCUT2D eigenvalue weighted by Crippen LogP contribution is -2.72. The molecule has 0 spiro atoms. The van der Waals surface area contributed by atoms with Crippen molar-refractivity contribution in [2.75, 3.05) is 20.1 Å². The average molecular weight is 460 g/mol. The zero-order valence-electron chi connectivity index (χ0n) is 16.3. The molecule has 0 bridgehead atoms. The van der Waals surface area contributed by atoms with Crippen LogP contribution in [0, 0.1) is 5.41 Å². The number of likely N-dealkylation sites (tertiary alicyclic amines) is 1. The molecule has 0 unspecified atom stereocenters. The van der Waals surface area contributed by atoms with Crippen LogP contribution in [0.3, 0.4) is 0 Å². The Morgan fingerprint density at radius 2 is 1.92 bits per heavy atom. The number of aromatic nitrogens is 3. The number of nitrogens with zero attached hydrogens (tertiary/aromatic N) is 5. The fourth-order valence-electron chi connectivity index (χ4n) is 3.71. The Morgan fingerprint density at radius 3 is 2.56 bits per heavy atom. The summed E-state index contributed by atoms with van der Waals surface area (Å²) < 4.78 is 2.33.